The van der Waals surface area contributed by atoms with Crippen LogP contribution >= 0.6 is 0 Å². The van der Waals surface area contributed by atoms with Crippen molar-refractivity contribution in [3.05, 3.63) is 12.2 Å². The van der Waals surface area contributed by atoms with Gasteiger partial charge in [0.05, 0.1) is 0 Å². The number of likely N-dealkylation sites (tertiary alicyclic amines) is 1. The highest BCUT2D eigenvalue weighted by Crippen LogP contribution is 2.26. The van der Waals surface area contributed by atoms with Gasteiger partial charge in [-0.2, -0.15) is 0 Å². The van der Waals surface area contributed by atoms with Crippen molar-refractivity contribution in [2.75, 3.05) is 33.7 Å². The van der Waals surface area contributed by atoms with E-state index in [4.69, 9.17) is 4.74 Å². The van der Waals surface area contributed by atoms with Gasteiger partial charge in [0.15, 0.2) is 0 Å². The number of likely N-dealkylation sites (N-methyl/N-ethyl adjacent to an activating group) is 1. The summed E-state index contributed by atoms with van der Waals surface area (Å²) in [4.78, 5) is 28.2. The van der Waals surface area contributed by atoms with E-state index in [1.807, 2.05) is 45.8 Å². The van der Waals surface area contributed by atoms with Crippen molar-refractivity contribution in [3.8, 4) is 0 Å². The van der Waals surface area contributed by atoms with Gasteiger partial charge in [-0.25, -0.2) is 4.79 Å². The molecule has 0 aromatic rings. The van der Waals surface area contributed by atoms with Gasteiger partial charge in [0, 0.05) is 31.8 Å². The quantitative estimate of drug-likeness (QED) is 0.733. The van der Waals surface area contributed by atoms with Crippen LogP contribution in [0.25, 0.3) is 0 Å². The Hall–Kier alpha value is -1.56. The number of hydrogen-bond acceptors (Lipinski definition) is 4. The third-order valence-electron chi connectivity index (χ3n) is 4.47. The number of ether oxygens (including phenoxy) is 1. The first-order chi connectivity index (χ1) is 12.0. The molecule has 26 heavy (non-hydrogen) atoms. The minimum Gasteiger partial charge on any atom is -0.444 e. The van der Waals surface area contributed by atoms with E-state index >= 15 is 0 Å². The Balaban J connectivity index is 2.56. The lowest BCUT2D eigenvalue weighted by Crippen LogP contribution is -2.49. The Morgan fingerprint density at radius 1 is 1.23 bits per heavy atom. The average Bonchev–Trinajstić information content (AvgIpc) is 2.50. The molecule has 0 bridgehead atoms. The van der Waals surface area contributed by atoms with Gasteiger partial charge in [0.25, 0.3) is 0 Å². The van der Waals surface area contributed by atoms with Crippen LogP contribution in [0, 0.1) is 11.8 Å². The van der Waals surface area contributed by atoms with Crippen LogP contribution in [0.4, 0.5) is 4.79 Å². The first-order valence-electron chi connectivity index (χ1n) is 9.59. The lowest BCUT2D eigenvalue weighted by molar-refractivity contribution is -0.118. The van der Waals surface area contributed by atoms with E-state index in [-0.39, 0.29) is 18.0 Å². The maximum absolute atomic E-state index is 12.2. The molecule has 1 heterocycles. The molecule has 0 aliphatic carbocycles. The second-order valence-corrected chi connectivity index (χ2v) is 8.75. The average molecular weight is 368 g/mol. The topological polar surface area (TPSA) is 61.9 Å². The molecule has 1 N–H and O–H groups in total. The van der Waals surface area contributed by atoms with Gasteiger partial charge in [-0.05, 0) is 59.5 Å². The summed E-state index contributed by atoms with van der Waals surface area (Å²) in [5, 5.41) is 3.16. The third kappa shape index (κ3) is 8.21. The molecular formula is C20H37N3O3. The zero-order valence-corrected chi connectivity index (χ0v) is 17.5. The summed E-state index contributed by atoms with van der Waals surface area (Å²) < 4.78 is 5.45. The minimum atomic E-state index is -0.471. The molecule has 1 saturated heterocycles. The van der Waals surface area contributed by atoms with Crippen molar-refractivity contribution in [2.24, 2.45) is 11.8 Å². The lowest BCUT2D eigenvalue weighted by Gasteiger charge is -2.38. The highest BCUT2D eigenvalue weighted by molar-refractivity contribution is 5.87. The van der Waals surface area contributed by atoms with E-state index in [0.717, 1.165) is 19.4 Å². The molecule has 2 amide bonds. The SMILES string of the molecule is CC(C)C(NC(=O)/C=C/CN(C)C)C1CCN(C(=O)OC(C)(C)C)CC1. The van der Waals surface area contributed by atoms with Gasteiger partial charge in [-0.15, -0.1) is 0 Å². The summed E-state index contributed by atoms with van der Waals surface area (Å²) in [6.07, 6.45) is 5.00. The number of carbonyl (C=O) groups is 2. The van der Waals surface area contributed by atoms with Crippen molar-refractivity contribution in [2.45, 2.75) is 59.1 Å². The van der Waals surface area contributed by atoms with E-state index < -0.39 is 5.60 Å². The Kier molecular flexibility index (Phi) is 8.60. The lowest BCUT2D eigenvalue weighted by atomic mass is 9.83. The molecule has 1 unspecified atom stereocenters. The smallest absolute Gasteiger partial charge is 0.410 e. The van der Waals surface area contributed by atoms with Gasteiger partial charge in [-0.1, -0.05) is 19.9 Å². The number of rotatable bonds is 6. The first-order valence-corrected chi connectivity index (χ1v) is 9.59. The fourth-order valence-electron chi connectivity index (χ4n) is 3.18. The molecule has 1 aliphatic rings. The summed E-state index contributed by atoms with van der Waals surface area (Å²) in [7, 11) is 3.94. The Morgan fingerprint density at radius 2 is 1.81 bits per heavy atom. The van der Waals surface area contributed by atoms with Crippen LogP contribution in [0.1, 0.15) is 47.5 Å². The Morgan fingerprint density at radius 3 is 2.27 bits per heavy atom. The van der Waals surface area contributed by atoms with Crippen LogP contribution in [0.2, 0.25) is 0 Å². The highest BCUT2D eigenvalue weighted by Gasteiger charge is 2.32. The standard InChI is InChI=1S/C20H37N3O3/c1-15(2)18(21-17(24)9-8-12-22(6)7)16-10-13-23(14-11-16)19(25)26-20(3,4)5/h8-9,15-16,18H,10-14H2,1-7H3,(H,21,24)/b9-8+. The summed E-state index contributed by atoms with van der Waals surface area (Å²) >= 11 is 0. The fraction of sp³-hybridized carbons (Fsp3) is 0.800. The fourth-order valence-corrected chi connectivity index (χ4v) is 3.18. The molecule has 0 aromatic carbocycles. The van der Waals surface area contributed by atoms with Gasteiger partial charge in [-0.3, -0.25) is 4.79 Å². The summed E-state index contributed by atoms with van der Waals surface area (Å²) in [6, 6.07) is 0.118. The number of nitrogens with one attached hydrogen (secondary N) is 1. The molecule has 1 atom stereocenters. The van der Waals surface area contributed by atoms with Gasteiger partial charge in [0.1, 0.15) is 5.60 Å². The van der Waals surface area contributed by atoms with Crippen molar-refractivity contribution in [1.82, 2.24) is 15.1 Å². The molecule has 150 valence electrons. The summed E-state index contributed by atoms with van der Waals surface area (Å²) in [5.74, 6) is 0.680. The van der Waals surface area contributed by atoms with Crippen molar-refractivity contribution in [1.29, 1.82) is 0 Å². The molecule has 0 saturated carbocycles. The number of amides is 2. The van der Waals surface area contributed by atoms with E-state index in [0.29, 0.717) is 24.9 Å². The van der Waals surface area contributed by atoms with Crippen LogP contribution in [-0.2, 0) is 9.53 Å². The zero-order chi connectivity index (χ0) is 19.9. The Labute approximate surface area is 158 Å². The van der Waals surface area contributed by atoms with Gasteiger partial charge >= 0.3 is 6.09 Å². The van der Waals surface area contributed by atoms with Crippen molar-refractivity contribution < 1.29 is 14.3 Å². The summed E-state index contributed by atoms with van der Waals surface area (Å²) in [6.45, 7) is 12.0. The number of nitrogens with zero attached hydrogens (tertiary/aromatic N) is 2. The largest absolute Gasteiger partial charge is 0.444 e. The second kappa shape index (κ2) is 9.95. The maximum atomic E-state index is 12.2. The van der Waals surface area contributed by atoms with Crippen molar-refractivity contribution in [3.63, 3.8) is 0 Å². The van der Waals surface area contributed by atoms with E-state index in [1.165, 1.54) is 0 Å². The zero-order valence-electron chi connectivity index (χ0n) is 17.5. The molecule has 6 heteroatoms. The number of carbonyl (C=O) groups excluding carboxylic acids is 2. The monoisotopic (exact) mass is 367 g/mol. The molecule has 0 radical (unpaired) electrons. The highest BCUT2D eigenvalue weighted by atomic mass is 16.6. The minimum absolute atomic E-state index is 0.0416. The van der Waals surface area contributed by atoms with Crippen LogP contribution in [0.3, 0.4) is 0 Å². The van der Waals surface area contributed by atoms with Crippen molar-refractivity contribution >= 4 is 12.0 Å². The number of hydrogen-bond donors (Lipinski definition) is 1. The predicted molar refractivity (Wildman–Crippen MR) is 105 cm³/mol. The van der Waals surface area contributed by atoms with Crippen LogP contribution < -0.4 is 5.32 Å². The van der Waals surface area contributed by atoms with E-state index in [2.05, 4.69) is 19.2 Å². The van der Waals surface area contributed by atoms with E-state index in [1.54, 1.807) is 11.0 Å². The molecule has 1 rings (SSSR count). The maximum Gasteiger partial charge on any atom is 0.410 e. The molecule has 1 aliphatic heterocycles. The molecule has 0 aromatic heterocycles. The molecule has 6 nitrogen and oxygen atoms in total. The van der Waals surface area contributed by atoms with Crippen LogP contribution in [0.5, 0.6) is 0 Å². The van der Waals surface area contributed by atoms with Crippen LogP contribution in [-0.4, -0.2) is 67.2 Å². The Bertz CT molecular complexity index is 487. The first kappa shape index (κ1) is 22.5. The predicted octanol–water partition coefficient (Wildman–Crippen LogP) is 2.89. The number of piperidine rings is 1. The van der Waals surface area contributed by atoms with E-state index in [9.17, 15) is 9.59 Å². The van der Waals surface area contributed by atoms with Gasteiger partial charge < -0.3 is 19.9 Å². The third-order valence-corrected chi connectivity index (χ3v) is 4.47. The summed E-state index contributed by atoms with van der Waals surface area (Å²) in [5.41, 5.74) is -0.471. The van der Waals surface area contributed by atoms with Gasteiger partial charge in [0.2, 0.25) is 5.91 Å². The molecule has 0 spiro atoms. The molecular weight excluding hydrogens is 330 g/mol. The normalized spacial score (nSPS) is 17.8. The van der Waals surface area contributed by atoms with Crippen LogP contribution in [0.15, 0.2) is 12.2 Å². The molecule has 1 fully saturated rings. The second-order valence-electron chi connectivity index (χ2n) is 8.75.